The Morgan fingerprint density at radius 1 is 1.57 bits per heavy atom. The lowest BCUT2D eigenvalue weighted by Crippen LogP contribution is -2.55. The summed E-state index contributed by atoms with van der Waals surface area (Å²) < 4.78 is 25.5. The summed E-state index contributed by atoms with van der Waals surface area (Å²) in [6.07, 6.45) is 0.453. The monoisotopic (exact) mass is 221 g/mol. The van der Waals surface area contributed by atoms with Crippen LogP contribution in [0.3, 0.4) is 0 Å². The average molecular weight is 221 g/mol. The van der Waals surface area contributed by atoms with Crippen molar-refractivity contribution in [2.75, 3.05) is 0 Å². The van der Waals surface area contributed by atoms with E-state index in [2.05, 4.69) is 4.72 Å². The number of nitrogens with one attached hydrogen (secondary N) is 2. The van der Waals surface area contributed by atoms with E-state index < -0.39 is 20.8 Å². The molecule has 0 bridgehead atoms. The second kappa shape index (κ2) is 4.27. The molecule has 0 heterocycles. The smallest absolute Gasteiger partial charge is 0.214 e. The van der Waals surface area contributed by atoms with Crippen molar-refractivity contribution in [2.45, 2.75) is 44.9 Å². The highest BCUT2D eigenvalue weighted by Gasteiger charge is 2.32. The van der Waals surface area contributed by atoms with Crippen molar-refractivity contribution in [1.29, 1.82) is 5.41 Å². The van der Waals surface area contributed by atoms with E-state index in [4.69, 9.17) is 11.1 Å². The first kappa shape index (κ1) is 13.4. The van der Waals surface area contributed by atoms with Gasteiger partial charge in [-0.2, -0.15) is 0 Å². The first-order chi connectivity index (χ1) is 6.15. The summed E-state index contributed by atoms with van der Waals surface area (Å²) in [7, 11) is -3.38. The van der Waals surface area contributed by atoms with Crippen molar-refractivity contribution in [3.05, 3.63) is 0 Å². The maximum atomic E-state index is 11.5. The molecule has 0 aromatic rings. The molecule has 0 aromatic carbocycles. The molecule has 0 radical (unpaired) electrons. The molecule has 0 spiro atoms. The molecule has 4 N–H and O–H groups in total. The van der Waals surface area contributed by atoms with Gasteiger partial charge in [-0.3, -0.25) is 5.41 Å². The zero-order valence-electron chi connectivity index (χ0n) is 9.09. The molecule has 84 valence electrons. The minimum absolute atomic E-state index is 0.163. The molecule has 0 saturated heterocycles. The first-order valence-electron chi connectivity index (χ1n) is 4.53. The Balaban J connectivity index is 4.90. The largest absolute Gasteiger partial charge is 0.386 e. The zero-order valence-corrected chi connectivity index (χ0v) is 9.90. The average Bonchev–Trinajstić information content (AvgIpc) is 2.02. The fraction of sp³-hybridized carbons (Fsp3) is 0.875. The van der Waals surface area contributed by atoms with E-state index >= 15 is 0 Å². The summed E-state index contributed by atoms with van der Waals surface area (Å²) in [5, 5.41) is 6.80. The third kappa shape index (κ3) is 2.95. The molecule has 1 unspecified atom stereocenters. The van der Waals surface area contributed by atoms with E-state index in [9.17, 15) is 8.42 Å². The summed E-state index contributed by atoms with van der Waals surface area (Å²) in [6, 6.07) is 0. The van der Waals surface area contributed by atoms with Crippen LogP contribution in [0.1, 0.15) is 34.1 Å². The SMILES string of the molecule is CCC(C)(NS(=O)(=O)C(C)C)C(=N)N. The predicted molar refractivity (Wildman–Crippen MR) is 57.8 cm³/mol. The highest BCUT2D eigenvalue weighted by atomic mass is 32.2. The second-order valence-corrected chi connectivity index (χ2v) is 6.03. The van der Waals surface area contributed by atoms with Crippen LogP contribution in [0.15, 0.2) is 0 Å². The van der Waals surface area contributed by atoms with E-state index in [0.717, 1.165) is 0 Å². The van der Waals surface area contributed by atoms with Crippen molar-refractivity contribution >= 4 is 15.9 Å². The lowest BCUT2D eigenvalue weighted by Gasteiger charge is -2.28. The van der Waals surface area contributed by atoms with Crippen molar-refractivity contribution in [3.63, 3.8) is 0 Å². The third-order valence-corrected chi connectivity index (χ3v) is 4.27. The van der Waals surface area contributed by atoms with Crippen LogP contribution < -0.4 is 10.5 Å². The highest BCUT2D eigenvalue weighted by Crippen LogP contribution is 2.12. The van der Waals surface area contributed by atoms with Crippen LogP contribution in [-0.2, 0) is 10.0 Å². The van der Waals surface area contributed by atoms with Crippen molar-refractivity contribution in [2.24, 2.45) is 5.73 Å². The molecule has 0 rings (SSSR count). The van der Waals surface area contributed by atoms with E-state index in [1.807, 2.05) is 0 Å². The molecule has 0 fully saturated rings. The van der Waals surface area contributed by atoms with Gasteiger partial charge >= 0.3 is 0 Å². The molecule has 0 aliphatic rings. The Labute approximate surface area is 85.6 Å². The first-order valence-corrected chi connectivity index (χ1v) is 6.07. The number of rotatable bonds is 5. The second-order valence-electron chi connectivity index (χ2n) is 3.80. The Kier molecular flexibility index (Phi) is 4.08. The molecule has 14 heavy (non-hydrogen) atoms. The zero-order chi connectivity index (χ0) is 11.6. The Hall–Kier alpha value is -0.620. The van der Waals surface area contributed by atoms with Gasteiger partial charge in [-0.25, -0.2) is 13.1 Å². The van der Waals surface area contributed by atoms with E-state index in [0.29, 0.717) is 6.42 Å². The van der Waals surface area contributed by atoms with Gasteiger partial charge in [0.15, 0.2) is 0 Å². The van der Waals surface area contributed by atoms with Crippen LogP contribution in [0, 0.1) is 5.41 Å². The van der Waals surface area contributed by atoms with Gasteiger partial charge in [-0.1, -0.05) is 6.92 Å². The Morgan fingerprint density at radius 2 is 2.00 bits per heavy atom. The molecular formula is C8H19N3O2S. The quantitative estimate of drug-likeness (QED) is 0.463. The van der Waals surface area contributed by atoms with Crippen LogP contribution in [0.25, 0.3) is 0 Å². The molecule has 0 saturated carbocycles. The summed E-state index contributed by atoms with van der Waals surface area (Å²) in [5.41, 5.74) is 4.38. The molecular weight excluding hydrogens is 202 g/mol. The van der Waals surface area contributed by atoms with Gasteiger partial charge < -0.3 is 5.73 Å². The number of hydrogen-bond donors (Lipinski definition) is 3. The predicted octanol–water partition coefficient (Wildman–Crippen LogP) is 0.419. The number of amidine groups is 1. The maximum absolute atomic E-state index is 11.5. The molecule has 5 nitrogen and oxygen atoms in total. The summed E-state index contributed by atoms with van der Waals surface area (Å²) in [4.78, 5) is 0. The fourth-order valence-electron chi connectivity index (χ4n) is 0.749. The van der Waals surface area contributed by atoms with Crippen LogP contribution in [0.4, 0.5) is 0 Å². The van der Waals surface area contributed by atoms with Gasteiger partial charge in [0.25, 0.3) is 0 Å². The lowest BCUT2D eigenvalue weighted by atomic mass is 10.00. The van der Waals surface area contributed by atoms with Gasteiger partial charge in [0, 0.05) is 0 Å². The highest BCUT2D eigenvalue weighted by molar-refractivity contribution is 7.90. The molecule has 0 aromatic heterocycles. The molecule has 0 aliphatic heterocycles. The van der Waals surface area contributed by atoms with Gasteiger partial charge in [0.05, 0.1) is 10.8 Å². The van der Waals surface area contributed by atoms with Crippen molar-refractivity contribution < 1.29 is 8.42 Å². The summed E-state index contributed by atoms with van der Waals surface area (Å²) in [5.74, 6) is -0.163. The van der Waals surface area contributed by atoms with Crippen LogP contribution in [0.2, 0.25) is 0 Å². The minimum atomic E-state index is -3.38. The van der Waals surface area contributed by atoms with Crippen LogP contribution >= 0.6 is 0 Å². The molecule has 1 atom stereocenters. The third-order valence-electron chi connectivity index (χ3n) is 2.29. The normalized spacial score (nSPS) is 16.6. The standard InChI is InChI=1S/C8H19N3O2S/c1-5-8(4,7(9)10)11-14(12,13)6(2)3/h6,11H,5H2,1-4H3,(H3,9,10). The number of sulfonamides is 1. The lowest BCUT2D eigenvalue weighted by molar-refractivity contribution is 0.500. The topological polar surface area (TPSA) is 96.0 Å². The number of hydrogen-bond acceptors (Lipinski definition) is 3. The van der Waals surface area contributed by atoms with E-state index in [1.54, 1.807) is 27.7 Å². The van der Waals surface area contributed by atoms with Crippen molar-refractivity contribution in [3.8, 4) is 0 Å². The van der Waals surface area contributed by atoms with Gasteiger partial charge in [0.1, 0.15) is 5.84 Å². The minimum Gasteiger partial charge on any atom is -0.386 e. The van der Waals surface area contributed by atoms with E-state index in [-0.39, 0.29) is 5.84 Å². The number of nitrogens with two attached hydrogens (primary N) is 1. The molecule has 0 aliphatic carbocycles. The summed E-state index contributed by atoms with van der Waals surface area (Å²) in [6.45, 7) is 6.55. The van der Waals surface area contributed by atoms with E-state index in [1.165, 1.54) is 0 Å². The van der Waals surface area contributed by atoms with Gasteiger partial charge in [0.2, 0.25) is 10.0 Å². The Bertz CT molecular complexity index is 311. The van der Waals surface area contributed by atoms with Crippen LogP contribution in [-0.4, -0.2) is 25.0 Å². The van der Waals surface area contributed by atoms with Crippen molar-refractivity contribution in [1.82, 2.24) is 4.72 Å². The summed E-state index contributed by atoms with van der Waals surface area (Å²) >= 11 is 0. The molecule has 6 heteroatoms. The maximum Gasteiger partial charge on any atom is 0.214 e. The van der Waals surface area contributed by atoms with Gasteiger partial charge in [-0.15, -0.1) is 0 Å². The van der Waals surface area contributed by atoms with Gasteiger partial charge in [-0.05, 0) is 27.2 Å². The fourth-order valence-corrected chi connectivity index (χ4v) is 1.87. The Morgan fingerprint density at radius 3 is 2.21 bits per heavy atom. The van der Waals surface area contributed by atoms with Crippen LogP contribution in [0.5, 0.6) is 0 Å². The molecule has 0 amide bonds.